The number of aromatic nitrogens is 2. The molecule has 0 bridgehead atoms. The molecule has 2 aromatic rings. The summed E-state index contributed by atoms with van der Waals surface area (Å²) in [6.45, 7) is 0.647. The third-order valence-corrected chi connectivity index (χ3v) is 5.21. The van der Waals surface area contributed by atoms with Crippen molar-refractivity contribution in [2.75, 3.05) is 11.9 Å². The molecule has 1 amide bonds. The Hall–Kier alpha value is -1.89. The molecule has 1 aromatic heterocycles. The van der Waals surface area contributed by atoms with E-state index in [-0.39, 0.29) is 12.5 Å². The Bertz CT molecular complexity index is 810. The maximum absolute atomic E-state index is 12.5. The number of carbonyl (C=O) groups excluding carboxylic acids is 1. The summed E-state index contributed by atoms with van der Waals surface area (Å²) in [6.07, 6.45) is 7.61. The van der Waals surface area contributed by atoms with Gasteiger partial charge in [-0.3, -0.25) is 9.78 Å². The normalized spacial score (nSPS) is 16.0. The number of aliphatic hydroxyl groups is 1. The van der Waals surface area contributed by atoms with Gasteiger partial charge >= 0.3 is 0 Å². The highest BCUT2D eigenvalue weighted by Crippen LogP contribution is 2.27. The van der Waals surface area contributed by atoms with Crippen molar-refractivity contribution in [3.63, 3.8) is 0 Å². The van der Waals surface area contributed by atoms with Crippen molar-refractivity contribution in [2.24, 2.45) is 0 Å². The molecule has 1 aliphatic rings. The second-order valence-corrected chi connectivity index (χ2v) is 7.64. The summed E-state index contributed by atoms with van der Waals surface area (Å²) in [5.74, 6) is -0.301. The van der Waals surface area contributed by atoms with Crippen LogP contribution in [0.3, 0.4) is 0 Å². The number of halogens is 2. The second-order valence-electron chi connectivity index (χ2n) is 6.85. The molecule has 0 saturated heterocycles. The molecule has 1 saturated carbocycles. The van der Waals surface area contributed by atoms with E-state index in [1.54, 1.807) is 24.4 Å². The van der Waals surface area contributed by atoms with Gasteiger partial charge in [-0.1, -0.05) is 42.5 Å². The lowest BCUT2D eigenvalue weighted by Gasteiger charge is -2.32. The minimum atomic E-state index is -0.818. The van der Waals surface area contributed by atoms with Gasteiger partial charge in [-0.15, -0.1) is 0 Å². The molecule has 0 atom stereocenters. The monoisotopic (exact) mass is 408 g/mol. The summed E-state index contributed by atoms with van der Waals surface area (Å²) in [5.41, 5.74) is 0.950. The Labute approximate surface area is 168 Å². The third-order valence-electron chi connectivity index (χ3n) is 4.70. The fourth-order valence-corrected chi connectivity index (χ4v) is 3.56. The molecule has 8 heteroatoms. The maximum Gasteiger partial charge on any atom is 0.252 e. The average Bonchev–Trinajstić information content (AvgIpc) is 2.66. The van der Waals surface area contributed by atoms with E-state index in [0.717, 1.165) is 24.9 Å². The lowest BCUT2D eigenvalue weighted by atomic mass is 9.85. The Morgan fingerprint density at radius 2 is 1.96 bits per heavy atom. The van der Waals surface area contributed by atoms with Gasteiger partial charge in [0.2, 0.25) is 0 Å². The topological polar surface area (TPSA) is 87.1 Å². The quantitative estimate of drug-likeness (QED) is 0.675. The molecule has 0 spiro atoms. The number of nitrogens with one attached hydrogen (secondary N) is 2. The lowest BCUT2D eigenvalue weighted by Crippen LogP contribution is -2.44. The molecule has 0 unspecified atom stereocenters. The van der Waals surface area contributed by atoms with E-state index in [9.17, 15) is 9.90 Å². The van der Waals surface area contributed by atoms with Crippen LogP contribution in [0.25, 0.3) is 0 Å². The summed E-state index contributed by atoms with van der Waals surface area (Å²) in [7, 11) is 0. The van der Waals surface area contributed by atoms with Gasteiger partial charge in [-0.05, 0) is 31.0 Å². The SMILES string of the molecule is O=C(NCC1(O)CCCCC1)c1cc(NCc2cncc(Cl)n2)ccc1Cl. The summed E-state index contributed by atoms with van der Waals surface area (Å²) in [6, 6.07) is 5.13. The van der Waals surface area contributed by atoms with Crippen molar-refractivity contribution in [1.29, 1.82) is 0 Å². The number of carbonyl (C=O) groups is 1. The van der Waals surface area contributed by atoms with Gasteiger partial charge in [0.25, 0.3) is 5.91 Å². The Morgan fingerprint density at radius 1 is 1.19 bits per heavy atom. The van der Waals surface area contributed by atoms with Crippen molar-refractivity contribution in [3.05, 3.63) is 52.0 Å². The first-order valence-electron chi connectivity index (χ1n) is 8.96. The van der Waals surface area contributed by atoms with Crippen LogP contribution in [0.4, 0.5) is 5.69 Å². The molecular weight excluding hydrogens is 387 g/mol. The summed E-state index contributed by atoms with van der Waals surface area (Å²) in [5, 5.41) is 17.2. The molecule has 27 heavy (non-hydrogen) atoms. The first kappa shape index (κ1) is 19.9. The predicted molar refractivity (Wildman–Crippen MR) is 106 cm³/mol. The number of hydrogen-bond donors (Lipinski definition) is 3. The van der Waals surface area contributed by atoms with Gasteiger partial charge in [0.05, 0.1) is 40.8 Å². The van der Waals surface area contributed by atoms with Crippen LogP contribution < -0.4 is 10.6 Å². The molecule has 6 nitrogen and oxygen atoms in total. The van der Waals surface area contributed by atoms with Gasteiger partial charge in [-0.2, -0.15) is 0 Å². The fraction of sp³-hybridized carbons (Fsp3) is 0.421. The first-order valence-corrected chi connectivity index (χ1v) is 9.71. The van der Waals surface area contributed by atoms with Crippen LogP contribution in [0.2, 0.25) is 10.2 Å². The number of rotatable bonds is 6. The van der Waals surface area contributed by atoms with Crippen LogP contribution >= 0.6 is 23.2 Å². The lowest BCUT2D eigenvalue weighted by molar-refractivity contribution is 0.00526. The van der Waals surface area contributed by atoms with E-state index in [2.05, 4.69) is 20.6 Å². The number of anilines is 1. The zero-order valence-electron chi connectivity index (χ0n) is 14.8. The molecule has 0 aliphatic heterocycles. The zero-order valence-corrected chi connectivity index (χ0v) is 16.4. The van der Waals surface area contributed by atoms with Crippen molar-refractivity contribution < 1.29 is 9.90 Å². The van der Waals surface area contributed by atoms with E-state index >= 15 is 0 Å². The standard InChI is InChI=1S/C19H22Cl2N4O2/c20-16-5-4-13(23-10-14-9-22-11-17(21)25-14)8-15(16)18(26)24-12-19(27)6-2-1-3-7-19/h4-5,8-9,11,23,27H,1-3,6-7,10,12H2,(H,24,26). The predicted octanol–water partition coefficient (Wildman–Crippen LogP) is 3.82. The molecule has 1 aromatic carbocycles. The fourth-order valence-electron chi connectivity index (χ4n) is 3.19. The number of nitrogens with zero attached hydrogens (tertiary/aromatic N) is 2. The first-order chi connectivity index (χ1) is 13.0. The second kappa shape index (κ2) is 8.87. The molecule has 0 radical (unpaired) electrons. The van der Waals surface area contributed by atoms with Crippen LogP contribution in [-0.4, -0.2) is 33.1 Å². The minimum absolute atomic E-state index is 0.234. The van der Waals surface area contributed by atoms with E-state index in [1.807, 2.05) is 0 Å². The van der Waals surface area contributed by atoms with Crippen molar-refractivity contribution in [3.8, 4) is 0 Å². The average molecular weight is 409 g/mol. The molecule has 1 aliphatic carbocycles. The van der Waals surface area contributed by atoms with Gasteiger partial charge in [0.1, 0.15) is 5.15 Å². The van der Waals surface area contributed by atoms with Gasteiger partial charge in [0, 0.05) is 12.2 Å². The van der Waals surface area contributed by atoms with E-state index < -0.39 is 5.60 Å². The van der Waals surface area contributed by atoms with Crippen molar-refractivity contribution >= 4 is 34.8 Å². The zero-order chi connectivity index (χ0) is 19.3. The van der Waals surface area contributed by atoms with E-state index in [4.69, 9.17) is 23.2 Å². The van der Waals surface area contributed by atoms with Crippen LogP contribution in [0.15, 0.2) is 30.6 Å². The number of hydrogen-bond acceptors (Lipinski definition) is 5. The van der Waals surface area contributed by atoms with Crippen LogP contribution in [0.1, 0.15) is 48.2 Å². The van der Waals surface area contributed by atoms with E-state index in [0.29, 0.717) is 40.8 Å². The highest BCUT2D eigenvalue weighted by Gasteiger charge is 2.29. The Morgan fingerprint density at radius 3 is 2.70 bits per heavy atom. The van der Waals surface area contributed by atoms with Gasteiger partial charge in [0.15, 0.2) is 0 Å². The summed E-state index contributed by atoms with van der Waals surface area (Å²) >= 11 is 12.0. The molecule has 1 fully saturated rings. The number of amides is 1. The van der Waals surface area contributed by atoms with Crippen LogP contribution in [-0.2, 0) is 6.54 Å². The molecule has 3 N–H and O–H groups in total. The summed E-state index contributed by atoms with van der Waals surface area (Å²) in [4.78, 5) is 20.7. The van der Waals surface area contributed by atoms with Crippen LogP contribution in [0, 0.1) is 0 Å². The van der Waals surface area contributed by atoms with Gasteiger partial charge in [-0.25, -0.2) is 4.98 Å². The van der Waals surface area contributed by atoms with Crippen LogP contribution in [0.5, 0.6) is 0 Å². The maximum atomic E-state index is 12.5. The van der Waals surface area contributed by atoms with Gasteiger partial charge < -0.3 is 15.7 Å². The van der Waals surface area contributed by atoms with E-state index in [1.165, 1.54) is 6.20 Å². The smallest absolute Gasteiger partial charge is 0.252 e. The van der Waals surface area contributed by atoms with Crippen molar-refractivity contribution in [1.82, 2.24) is 15.3 Å². The molecule has 3 rings (SSSR count). The molecule has 1 heterocycles. The number of benzene rings is 1. The minimum Gasteiger partial charge on any atom is -0.388 e. The highest BCUT2D eigenvalue weighted by molar-refractivity contribution is 6.34. The summed E-state index contributed by atoms with van der Waals surface area (Å²) < 4.78 is 0. The third kappa shape index (κ3) is 5.54. The molecular formula is C19H22Cl2N4O2. The Balaban J connectivity index is 1.62. The molecule has 144 valence electrons. The van der Waals surface area contributed by atoms with Crippen molar-refractivity contribution in [2.45, 2.75) is 44.2 Å². The highest BCUT2D eigenvalue weighted by atomic mass is 35.5. The Kier molecular flexibility index (Phi) is 6.52. The largest absolute Gasteiger partial charge is 0.388 e.